The molecule has 23 heavy (non-hydrogen) atoms. The molecule has 1 rings (SSSR count). The first-order valence-electron chi connectivity index (χ1n) is 6.92. The minimum atomic E-state index is -1.80. The Morgan fingerprint density at radius 2 is 1.74 bits per heavy atom. The number of aldehydes is 1. The van der Waals surface area contributed by atoms with Gasteiger partial charge in [0.25, 0.3) is 0 Å². The van der Waals surface area contributed by atoms with Gasteiger partial charge in [-0.1, -0.05) is 0 Å². The summed E-state index contributed by atoms with van der Waals surface area (Å²) in [7, 11) is 0. The molecule has 0 unspecified atom stereocenters. The summed E-state index contributed by atoms with van der Waals surface area (Å²) >= 11 is 0. The molecular weight excluding hydrogens is 318 g/mol. The molecule has 1 fully saturated rings. The van der Waals surface area contributed by atoms with Crippen LogP contribution in [-0.4, -0.2) is 110 Å². The highest BCUT2D eigenvalue weighted by Crippen LogP contribution is 2.24. The SMILES string of the molecule is N[C@@H](C=O)[C@@H](O[C@@H]1O[C@H](CO)[C@@H](O)[C@H](O)[C@H]1O)[C@H](O)[C@H](O)CO. The lowest BCUT2D eigenvalue weighted by atomic mass is 9.98. The smallest absolute Gasteiger partial charge is 0.187 e. The molecule has 136 valence electrons. The lowest BCUT2D eigenvalue weighted by Gasteiger charge is -2.42. The summed E-state index contributed by atoms with van der Waals surface area (Å²) in [6, 6.07) is -1.45. The molecule has 0 aromatic carbocycles. The minimum absolute atomic E-state index is 0.210. The average Bonchev–Trinajstić information content (AvgIpc) is 2.57. The summed E-state index contributed by atoms with van der Waals surface area (Å²) in [6.07, 6.45) is -12.9. The number of carbonyl (C=O) groups excluding carboxylic acids is 1. The number of aliphatic hydroxyl groups is 7. The molecule has 1 aliphatic rings. The summed E-state index contributed by atoms with van der Waals surface area (Å²) in [5.74, 6) is 0. The normalized spacial score (nSPS) is 37.0. The maximum atomic E-state index is 10.8. The van der Waals surface area contributed by atoms with Gasteiger partial charge in [0.15, 0.2) is 6.29 Å². The Kier molecular flexibility index (Phi) is 7.89. The van der Waals surface area contributed by atoms with Crippen LogP contribution < -0.4 is 5.73 Å². The van der Waals surface area contributed by atoms with Crippen molar-refractivity contribution < 1.29 is 50.0 Å². The van der Waals surface area contributed by atoms with Crippen LogP contribution in [0.1, 0.15) is 0 Å². The maximum Gasteiger partial charge on any atom is 0.187 e. The number of rotatable bonds is 8. The van der Waals surface area contributed by atoms with Crippen LogP contribution >= 0.6 is 0 Å². The molecule has 0 aromatic rings. The Bertz CT molecular complexity index is 370. The molecule has 1 aliphatic heterocycles. The van der Waals surface area contributed by atoms with E-state index in [1.165, 1.54) is 0 Å². The highest BCUT2D eigenvalue weighted by molar-refractivity contribution is 5.58. The van der Waals surface area contributed by atoms with Crippen molar-refractivity contribution in [1.82, 2.24) is 0 Å². The van der Waals surface area contributed by atoms with Crippen molar-refractivity contribution in [2.75, 3.05) is 13.2 Å². The monoisotopic (exact) mass is 341 g/mol. The van der Waals surface area contributed by atoms with Crippen LogP contribution in [0.3, 0.4) is 0 Å². The zero-order valence-corrected chi connectivity index (χ0v) is 12.1. The Labute approximate surface area is 131 Å². The second-order valence-corrected chi connectivity index (χ2v) is 5.25. The van der Waals surface area contributed by atoms with Crippen molar-refractivity contribution in [2.24, 2.45) is 5.73 Å². The van der Waals surface area contributed by atoms with Crippen LogP contribution in [0, 0.1) is 0 Å². The Hall–Kier alpha value is -0.730. The Morgan fingerprint density at radius 3 is 2.22 bits per heavy atom. The fourth-order valence-electron chi connectivity index (χ4n) is 2.14. The molecule has 9 N–H and O–H groups in total. The van der Waals surface area contributed by atoms with Crippen LogP contribution in [0.15, 0.2) is 0 Å². The highest BCUT2D eigenvalue weighted by atomic mass is 16.7. The number of nitrogens with two attached hydrogens (primary N) is 1. The van der Waals surface area contributed by atoms with E-state index in [1.807, 2.05) is 0 Å². The van der Waals surface area contributed by atoms with E-state index in [-0.39, 0.29) is 6.29 Å². The first kappa shape index (κ1) is 20.3. The van der Waals surface area contributed by atoms with Gasteiger partial charge in [0.1, 0.15) is 49.0 Å². The molecule has 1 saturated heterocycles. The van der Waals surface area contributed by atoms with Gasteiger partial charge < -0.3 is 55.7 Å². The fraction of sp³-hybridized carbons (Fsp3) is 0.917. The van der Waals surface area contributed by atoms with Gasteiger partial charge >= 0.3 is 0 Å². The standard InChI is InChI=1S/C12H23NO10/c13-4(1-14)11(7(18)5(17)2-15)23-12-10(21)9(20)8(19)6(3-16)22-12/h1,4-12,15-21H,2-3,13H2/t4-,5+,6+,7+,8+,9-,10+,11+,12-/m0/s1. The van der Waals surface area contributed by atoms with Crippen molar-refractivity contribution in [2.45, 2.75) is 55.1 Å². The first-order chi connectivity index (χ1) is 10.8. The van der Waals surface area contributed by atoms with Crippen molar-refractivity contribution >= 4 is 6.29 Å². The van der Waals surface area contributed by atoms with Crippen LogP contribution in [0.2, 0.25) is 0 Å². The fourth-order valence-corrected chi connectivity index (χ4v) is 2.14. The number of hydrogen-bond acceptors (Lipinski definition) is 11. The molecule has 0 amide bonds. The second kappa shape index (κ2) is 8.94. The molecule has 11 nitrogen and oxygen atoms in total. The van der Waals surface area contributed by atoms with E-state index < -0.39 is 68.3 Å². The summed E-state index contributed by atoms with van der Waals surface area (Å²) in [6.45, 7) is -1.54. The molecule has 0 aliphatic carbocycles. The van der Waals surface area contributed by atoms with Gasteiger partial charge in [0.2, 0.25) is 0 Å². The number of hydrogen-bond donors (Lipinski definition) is 8. The lowest BCUT2D eigenvalue weighted by Crippen LogP contribution is -2.62. The van der Waals surface area contributed by atoms with E-state index in [9.17, 15) is 30.3 Å². The quantitative estimate of drug-likeness (QED) is 0.195. The summed E-state index contributed by atoms with van der Waals surface area (Å²) in [5.41, 5.74) is 5.46. The van der Waals surface area contributed by atoms with E-state index in [1.54, 1.807) is 0 Å². The maximum absolute atomic E-state index is 10.8. The lowest BCUT2D eigenvalue weighted by molar-refractivity contribution is -0.320. The van der Waals surface area contributed by atoms with E-state index in [0.717, 1.165) is 0 Å². The van der Waals surface area contributed by atoms with Crippen molar-refractivity contribution in [3.8, 4) is 0 Å². The predicted octanol–water partition coefficient (Wildman–Crippen LogP) is -5.59. The summed E-state index contributed by atoms with van der Waals surface area (Å²) < 4.78 is 10.2. The third kappa shape index (κ3) is 4.64. The van der Waals surface area contributed by atoms with Crippen LogP contribution in [0.5, 0.6) is 0 Å². The van der Waals surface area contributed by atoms with Crippen LogP contribution in [0.25, 0.3) is 0 Å². The molecule has 0 aromatic heterocycles. The summed E-state index contributed by atoms with van der Waals surface area (Å²) in [4.78, 5) is 10.8. The molecule has 0 radical (unpaired) electrons. The highest BCUT2D eigenvalue weighted by Gasteiger charge is 2.46. The molecule has 1 heterocycles. The van der Waals surface area contributed by atoms with Gasteiger partial charge in [-0.3, -0.25) is 0 Å². The Balaban J connectivity index is 2.91. The second-order valence-electron chi connectivity index (χ2n) is 5.25. The molecule has 0 bridgehead atoms. The zero-order valence-electron chi connectivity index (χ0n) is 12.1. The third-order valence-corrected chi connectivity index (χ3v) is 3.59. The molecule has 0 spiro atoms. The Morgan fingerprint density at radius 1 is 1.13 bits per heavy atom. The molecule has 0 saturated carbocycles. The number of carbonyl (C=O) groups is 1. The van der Waals surface area contributed by atoms with Gasteiger partial charge in [-0.15, -0.1) is 0 Å². The zero-order chi connectivity index (χ0) is 17.7. The third-order valence-electron chi connectivity index (χ3n) is 3.59. The number of ether oxygens (including phenoxy) is 2. The molecule has 11 heteroatoms. The minimum Gasteiger partial charge on any atom is -0.394 e. The largest absolute Gasteiger partial charge is 0.394 e. The first-order valence-corrected chi connectivity index (χ1v) is 6.92. The van der Waals surface area contributed by atoms with Crippen LogP contribution in [0.4, 0.5) is 0 Å². The van der Waals surface area contributed by atoms with E-state index in [0.29, 0.717) is 0 Å². The van der Waals surface area contributed by atoms with Crippen molar-refractivity contribution in [3.05, 3.63) is 0 Å². The van der Waals surface area contributed by atoms with Crippen molar-refractivity contribution in [3.63, 3.8) is 0 Å². The van der Waals surface area contributed by atoms with Gasteiger partial charge in [0.05, 0.1) is 19.3 Å². The van der Waals surface area contributed by atoms with E-state index in [2.05, 4.69) is 0 Å². The average molecular weight is 341 g/mol. The topological polar surface area (TPSA) is 203 Å². The molecule has 9 atom stereocenters. The van der Waals surface area contributed by atoms with Gasteiger partial charge in [0, 0.05) is 0 Å². The van der Waals surface area contributed by atoms with Gasteiger partial charge in [-0.2, -0.15) is 0 Å². The van der Waals surface area contributed by atoms with Gasteiger partial charge in [-0.25, -0.2) is 0 Å². The van der Waals surface area contributed by atoms with Gasteiger partial charge in [-0.05, 0) is 0 Å². The number of aliphatic hydroxyl groups excluding tert-OH is 7. The van der Waals surface area contributed by atoms with E-state index >= 15 is 0 Å². The van der Waals surface area contributed by atoms with Crippen LogP contribution in [-0.2, 0) is 14.3 Å². The van der Waals surface area contributed by atoms with E-state index in [4.69, 9.17) is 25.4 Å². The molecular formula is C12H23NO10. The predicted molar refractivity (Wildman–Crippen MR) is 71.8 cm³/mol. The van der Waals surface area contributed by atoms with Crippen molar-refractivity contribution in [1.29, 1.82) is 0 Å². The summed E-state index contributed by atoms with van der Waals surface area (Å²) in [5, 5.41) is 66.4.